The molecule has 0 N–H and O–H groups in total. The Morgan fingerprint density at radius 3 is 2.69 bits per heavy atom. The second-order valence-corrected chi connectivity index (χ2v) is 8.56. The van der Waals surface area contributed by atoms with Crippen LogP contribution in [0.25, 0.3) is 16.3 Å². The number of amides is 1. The number of carbonyl (C=O) groups is 1. The normalized spacial score (nSPS) is 10.9. The van der Waals surface area contributed by atoms with Gasteiger partial charge in [-0.3, -0.25) is 19.8 Å². The number of thiazole rings is 1. The number of rotatable bonds is 9. The molecule has 11 heteroatoms. The molecule has 0 unspecified atom stereocenters. The van der Waals surface area contributed by atoms with E-state index in [-0.39, 0.29) is 24.0 Å². The van der Waals surface area contributed by atoms with Crippen molar-refractivity contribution in [2.45, 2.75) is 19.9 Å². The third-order valence-corrected chi connectivity index (χ3v) is 6.50. The van der Waals surface area contributed by atoms with Gasteiger partial charge in [0.15, 0.2) is 5.13 Å². The monoisotopic (exact) mass is 513 g/mol. The number of non-ortho nitro benzene ring substituents is 1. The molecule has 1 amide bonds. The Labute approximate surface area is 212 Å². The maximum atomic E-state index is 13.2. The molecule has 0 saturated carbocycles. The molecule has 0 atom stereocenters. The van der Waals surface area contributed by atoms with Gasteiger partial charge in [0, 0.05) is 43.7 Å². The summed E-state index contributed by atoms with van der Waals surface area (Å²) in [6.07, 6.45) is 9.17. The van der Waals surface area contributed by atoms with E-state index in [0.29, 0.717) is 36.0 Å². The highest BCUT2D eigenvalue weighted by Gasteiger charge is 2.20. The zero-order chi connectivity index (χ0) is 24.1. The lowest BCUT2D eigenvalue weighted by Crippen LogP contribution is -2.30. The minimum absolute atomic E-state index is 0. The van der Waals surface area contributed by atoms with Gasteiger partial charge in [-0.05, 0) is 48.7 Å². The highest BCUT2D eigenvalue weighted by Crippen LogP contribution is 2.36. The third-order valence-electron chi connectivity index (χ3n) is 5.29. The number of hydrogen-bond donors (Lipinski definition) is 0. The Hall–Kier alpha value is -3.76. The number of fused-ring (bicyclic) bond motifs is 1. The molecule has 0 aliphatic heterocycles. The van der Waals surface area contributed by atoms with Gasteiger partial charge >= 0.3 is 0 Å². The number of hydrogen-bond acceptors (Lipinski definition) is 7. The highest BCUT2D eigenvalue weighted by atomic mass is 35.5. The summed E-state index contributed by atoms with van der Waals surface area (Å²) in [5, 5.41) is 11.4. The van der Waals surface area contributed by atoms with Gasteiger partial charge in [-0.1, -0.05) is 17.4 Å². The Bertz CT molecular complexity index is 1340. The minimum Gasteiger partial charge on any atom is -0.494 e. The standard InChI is InChI=1S/C24H23N5O4S.ClH/c1-17-4-10-20(33-2)22-23(17)34-24(26-22)28(14-3-13-27-15-12-25-16-27)21(30)11-7-18-5-8-19(9-6-18)29(31)32;/h4-12,15-16H,3,13-14H2,1-2H3;1H/b11-7+;. The Balaban J connectivity index is 0.00000342. The van der Waals surface area contributed by atoms with Gasteiger partial charge in [0.2, 0.25) is 0 Å². The van der Waals surface area contributed by atoms with Gasteiger partial charge in [0.1, 0.15) is 11.3 Å². The molecule has 4 aromatic rings. The maximum absolute atomic E-state index is 13.2. The predicted molar refractivity (Wildman–Crippen MR) is 139 cm³/mol. The topological polar surface area (TPSA) is 103 Å². The van der Waals surface area contributed by atoms with Crippen molar-refractivity contribution >= 4 is 56.8 Å². The van der Waals surface area contributed by atoms with Gasteiger partial charge in [-0.25, -0.2) is 9.97 Å². The van der Waals surface area contributed by atoms with Crippen molar-refractivity contribution in [1.82, 2.24) is 14.5 Å². The van der Waals surface area contributed by atoms with Crippen LogP contribution in [0.1, 0.15) is 17.5 Å². The largest absolute Gasteiger partial charge is 0.494 e. The summed E-state index contributed by atoms with van der Waals surface area (Å²) in [5.41, 5.74) is 2.49. The van der Waals surface area contributed by atoms with Crippen LogP contribution in [0.4, 0.5) is 10.8 Å². The number of carbonyl (C=O) groups excluding carboxylic acids is 1. The number of nitrogens with zero attached hydrogens (tertiary/aromatic N) is 5. The summed E-state index contributed by atoms with van der Waals surface area (Å²) in [7, 11) is 1.60. The third kappa shape index (κ3) is 6.03. The number of aromatic nitrogens is 3. The second kappa shape index (κ2) is 11.6. The van der Waals surface area contributed by atoms with Crippen LogP contribution < -0.4 is 9.64 Å². The number of ether oxygens (including phenoxy) is 1. The molecule has 4 rings (SSSR count). The first kappa shape index (κ1) is 25.9. The number of anilines is 1. The van der Waals surface area contributed by atoms with E-state index in [4.69, 9.17) is 9.72 Å². The summed E-state index contributed by atoms with van der Waals surface area (Å²) < 4.78 is 8.40. The molecule has 0 spiro atoms. The quantitative estimate of drug-likeness (QED) is 0.171. The summed E-state index contributed by atoms with van der Waals surface area (Å²) in [5.74, 6) is 0.440. The van der Waals surface area contributed by atoms with Crippen molar-refractivity contribution in [1.29, 1.82) is 0 Å². The number of nitro groups is 1. The fourth-order valence-corrected chi connectivity index (χ4v) is 4.56. The summed E-state index contributed by atoms with van der Waals surface area (Å²) >= 11 is 1.45. The molecule has 0 radical (unpaired) electrons. The number of halogens is 1. The van der Waals surface area contributed by atoms with E-state index in [0.717, 1.165) is 15.8 Å². The molecule has 9 nitrogen and oxygen atoms in total. The average Bonchev–Trinajstić information content (AvgIpc) is 3.51. The van der Waals surface area contributed by atoms with Gasteiger partial charge in [-0.2, -0.15) is 0 Å². The average molecular weight is 514 g/mol. The van der Waals surface area contributed by atoms with Gasteiger partial charge in [0.25, 0.3) is 11.6 Å². The molecule has 0 saturated heterocycles. The lowest BCUT2D eigenvalue weighted by Gasteiger charge is -2.18. The first-order chi connectivity index (χ1) is 16.5. The number of benzene rings is 2. The van der Waals surface area contributed by atoms with E-state index in [1.54, 1.807) is 42.7 Å². The van der Waals surface area contributed by atoms with Crippen LogP contribution in [-0.4, -0.2) is 39.0 Å². The molecule has 0 aliphatic rings. The van der Waals surface area contributed by atoms with Crippen molar-refractivity contribution in [3.63, 3.8) is 0 Å². The van der Waals surface area contributed by atoms with Crippen LogP contribution in [0.5, 0.6) is 5.75 Å². The van der Waals surface area contributed by atoms with Crippen molar-refractivity contribution in [3.05, 3.63) is 82.4 Å². The van der Waals surface area contributed by atoms with Crippen LogP contribution in [0.2, 0.25) is 0 Å². The van der Waals surface area contributed by atoms with Crippen molar-refractivity contribution in [3.8, 4) is 5.75 Å². The Morgan fingerprint density at radius 1 is 1.26 bits per heavy atom. The molecule has 182 valence electrons. The van der Waals surface area contributed by atoms with Crippen molar-refractivity contribution in [2.75, 3.05) is 18.6 Å². The van der Waals surface area contributed by atoms with Gasteiger partial charge < -0.3 is 9.30 Å². The smallest absolute Gasteiger partial charge is 0.269 e. The second-order valence-electron chi connectivity index (χ2n) is 7.58. The summed E-state index contributed by atoms with van der Waals surface area (Å²) in [6, 6.07) is 9.89. The molecule has 2 heterocycles. The van der Waals surface area contributed by atoms with E-state index >= 15 is 0 Å². The number of aryl methyl sites for hydroxylation is 2. The van der Waals surface area contributed by atoms with Crippen LogP contribution in [-0.2, 0) is 11.3 Å². The fraction of sp³-hybridized carbons (Fsp3) is 0.208. The molecule has 2 aromatic carbocycles. The number of nitro benzene ring substituents is 1. The first-order valence-corrected chi connectivity index (χ1v) is 11.4. The zero-order valence-corrected chi connectivity index (χ0v) is 20.8. The van der Waals surface area contributed by atoms with Crippen molar-refractivity contribution in [2.24, 2.45) is 0 Å². The van der Waals surface area contributed by atoms with Crippen LogP contribution in [0.15, 0.2) is 61.2 Å². The minimum atomic E-state index is -0.454. The lowest BCUT2D eigenvalue weighted by atomic mass is 10.2. The number of imidazole rings is 1. The number of methoxy groups -OCH3 is 1. The van der Waals surface area contributed by atoms with E-state index < -0.39 is 4.92 Å². The zero-order valence-electron chi connectivity index (χ0n) is 19.2. The molecule has 2 aromatic heterocycles. The molecule has 0 fully saturated rings. The van der Waals surface area contributed by atoms with Crippen molar-refractivity contribution < 1.29 is 14.5 Å². The SMILES string of the molecule is COc1ccc(C)c2sc(N(CCCn3ccnc3)C(=O)/C=C/c3ccc([N+](=O)[O-])cc3)nc12.Cl. The van der Waals surface area contributed by atoms with E-state index in [1.165, 1.54) is 29.5 Å². The molecular weight excluding hydrogens is 490 g/mol. The van der Waals surface area contributed by atoms with Crippen LogP contribution >= 0.6 is 23.7 Å². The van der Waals surface area contributed by atoms with Crippen LogP contribution in [0, 0.1) is 17.0 Å². The van der Waals surface area contributed by atoms with Gasteiger partial charge in [-0.15, -0.1) is 12.4 Å². The van der Waals surface area contributed by atoms with Crippen LogP contribution in [0.3, 0.4) is 0 Å². The van der Waals surface area contributed by atoms with E-state index in [1.807, 2.05) is 29.8 Å². The maximum Gasteiger partial charge on any atom is 0.269 e. The molecular formula is C24H24ClN5O4S. The molecule has 0 aliphatic carbocycles. The summed E-state index contributed by atoms with van der Waals surface area (Å²) in [6.45, 7) is 3.18. The lowest BCUT2D eigenvalue weighted by molar-refractivity contribution is -0.384. The first-order valence-electron chi connectivity index (χ1n) is 10.6. The molecule has 35 heavy (non-hydrogen) atoms. The Kier molecular flexibility index (Phi) is 8.56. The van der Waals surface area contributed by atoms with E-state index in [2.05, 4.69) is 4.98 Å². The highest BCUT2D eigenvalue weighted by molar-refractivity contribution is 7.22. The molecule has 0 bridgehead atoms. The predicted octanol–water partition coefficient (Wildman–Crippen LogP) is 5.28. The fourth-order valence-electron chi connectivity index (χ4n) is 3.47. The summed E-state index contributed by atoms with van der Waals surface area (Å²) in [4.78, 5) is 34.1. The van der Waals surface area contributed by atoms with Gasteiger partial charge in [0.05, 0.1) is 23.1 Å². The van der Waals surface area contributed by atoms with E-state index in [9.17, 15) is 14.9 Å². The Morgan fingerprint density at radius 2 is 2.03 bits per heavy atom.